The predicted octanol–water partition coefficient (Wildman–Crippen LogP) is 2.54. The quantitative estimate of drug-likeness (QED) is 0.850. The van der Waals surface area contributed by atoms with Gasteiger partial charge in [0.05, 0.1) is 12.1 Å². The number of nitrogens with two attached hydrogens (primary N) is 1. The van der Waals surface area contributed by atoms with Crippen molar-refractivity contribution in [3.05, 3.63) is 35.1 Å². The summed E-state index contributed by atoms with van der Waals surface area (Å²) in [5, 5.41) is 0. The predicted molar refractivity (Wildman–Crippen MR) is 81.3 cm³/mol. The Morgan fingerprint density at radius 3 is 2.90 bits per heavy atom. The van der Waals surface area contributed by atoms with Crippen LogP contribution in [0.25, 0.3) is 0 Å². The maximum atomic E-state index is 14.0. The molecule has 0 saturated carbocycles. The number of halogens is 1. The molecule has 0 aromatic heterocycles. The molecule has 2 rings (SSSR count). The van der Waals surface area contributed by atoms with Crippen molar-refractivity contribution < 1.29 is 9.18 Å². The highest BCUT2D eigenvalue weighted by Crippen LogP contribution is 2.28. The van der Waals surface area contributed by atoms with Crippen molar-refractivity contribution in [1.29, 1.82) is 0 Å². The maximum Gasteiger partial charge on any atom is 0.257 e. The highest BCUT2D eigenvalue weighted by Gasteiger charge is 2.34. The second kappa shape index (κ2) is 6.73. The molecule has 1 amide bonds. The fourth-order valence-corrected chi connectivity index (χ4v) is 2.90. The van der Waals surface area contributed by atoms with Crippen LogP contribution in [0.15, 0.2) is 18.2 Å². The standard InChI is InChI=1S/C17H21FN2O/c1-3-14-8-6-12(2)20(14)17(21)15-11-13(5-4-10-19)7-9-16(15)18/h7,9,11-12,14H,3,6,8,10,19H2,1-2H3. The van der Waals surface area contributed by atoms with Crippen molar-refractivity contribution in [2.75, 3.05) is 6.54 Å². The van der Waals surface area contributed by atoms with Crippen molar-refractivity contribution in [3.63, 3.8) is 0 Å². The Morgan fingerprint density at radius 2 is 2.24 bits per heavy atom. The van der Waals surface area contributed by atoms with Gasteiger partial charge in [-0.2, -0.15) is 0 Å². The number of benzene rings is 1. The summed E-state index contributed by atoms with van der Waals surface area (Å²) in [6.45, 7) is 4.31. The topological polar surface area (TPSA) is 46.3 Å². The molecule has 1 aliphatic heterocycles. The van der Waals surface area contributed by atoms with Crippen LogP contribution in [0.1, 0.15) is 49.0 Å². The van der Waals surface area contributed by atoms with Gasteiger partial charge in [-0.15, -0.1) is 0 Å². The van der Waals surface area contributed by atoms with Gasteiger partial charge >= 0.3 is 0 Å². The number of nitrogens with zero attached hydrogens (tertiary/aromatic N) is 1. The second-order valence-electron chi connectivity index (χ2n) is 5.40. The Morgan fingerprint density at radius 1 is 1.48 bits per heavy atom. The van der Waals surface area contributed by atoms with Crippen LogP contribution in [0.2, 0.25) is 0 Å². The summed E-state index contributed by atoms with van der Waals surface area (Å²) in [4.78, 5) is 14.5. The molecule has 4 heteroatoms. The molecule has 1 aliphatic rings. The van der Waals surface area contributed by atoms with Gasteiger partial charge in [-0.25, -0.2) is 4.39 Å². The minimum absolute atomic E-state index is 0.103. The number of hydrogen-bond donors (Lipinski definition) is 1. The molecule has 0 radical (unpaired) electrons. The van der Waals surface area contributed by atoms with E-state index >= 15 is 0 Å². The van der Waals surface area contributed by atoms with Crippen molar-refractivity contribution in [1.82, 2.24) is 4.90 Å². The van der Waals surface area contributed by atoms with Gasteiger partial charge in [0.2, 0.25) is 0 Å². The van der Waals surface area contributed by atoms with Crippen LogP contribution in [-0.4, -0.2) is 29.4 Å². The van der Waals surface area contributed by atoms with E-state index in [1.54, 1.807) is 6.07 Å². The first-order valence-electron chi connectivity index (χ1n) is 7.39. The van der Waals surface area contributed by atoms with Gasteiger partial charge < -0.3 is 10.6 Å². The largest absolute Gasteiger partial charge is 0.333 e. The molecular weight excluding hydrogens is 267 g/mol. The van der Waals surface area contributed by atoms with Gasteiger partial charge in [-0.1, -0.05) is 18.8 Å². The normalized spacial score (nSPS) is 21.0. The molecule has 2 N–H and O–H groups in total. The third-order valence-corrected chi connectivity index (χ3v) is 4.02. The van der Waals surface area contributed by atoms with Crippen LogP contribution in [0, 0.1) is 17.7 Å². The SMILES string of the molecule is CCC1CCC(C)N1C(=O)c1cc(C#CCN)ccc1F. The van der Waals surface area contributed by atoms with Crippen molar-refractivity contribution in [2.24, 2.45) is 5.73 Å². The third-order valence-electron chi connectivity index (χ3n) is 4.02. The Kier molecular flexibility index (Phi) is 4.98. The van der Waals surface area contributed by atoms with Crippen molar-refractivity contribution in [3.8, 4) is 11.8 Å². The molecule has 1 fully saturated rings. The van der Waals surface area contributed by atoms with E-state index in [9.17, 15) is 9.18 Å². The minimum Gasteiger partial charge on any atom is -0.333 e. The first-order chi connectivity index (χ1) is 10.1. The highest BCUT2D eigenvalue weighted by atomic mass is 19.1. The molecule has 0 aliphatic carbocycles. The monoisotopic (exact) mass is 288 g/mol. The zero-order chi connectivity index (χ0) is 15.4. The lowest BCUT2D eigenvalue weighted by Crippen LogP contribution is -2.40. The van der Waals surface area contributed by atoms with Gasteiger partial charge in [-0.05, 0) is 44.4 Å². The average Bonchev–Trinajstić information content (AvgIpc) is 2.86. The molecule has 1 heterocycles. The number of carbonyl (C=O) groups excluding carboxylic acids is 1. The molecule has 112 valence electrons. The Bertz CT molecular complexity index is 588. The first kappa shape index (κ1) is 15.5. The second-order valence-corrected chi connectivity index (χ2v) is 5.40. The number of hydrogen-bond acceptors (Lipinski definition) is 2. The summed E-state index contributed by atoms with van der Waals surface area (Å²) >= 11 is 0. The molecule has 21 heavy (non-hydrogen) atoms. The van der Waals surface area contributed by atoms with Gasteiger partial charge in [0.25, 0.3) is 5.91 Å². The first-order valence-corrected chi connectivity index (χ1v) is 7.39. The molecule has 3 nitrogen and oxygen atoms in total. The summed E-state index contributed by atoms with van der Waals surface area (Å²) in [7, 11) is 0. The summed E-state index contributed by atoms with van der Waals surface area (Å²) < 4.78 is 14.0. The van der Waals surface area contributed by atoms with E-state index in [1.807, 2.05) is 11.8 Å². The molecular formula is C17H21FN2O. The summed E-state index contributed by atoms with van der Waals surface area (Å²) in [5.41, 5.74) is 6.05. The third kappa shape index (κ3) is 3.25. The van der Waals surface area contributed by atoms with E-state index in [4.69, 9.17) is 5.73 Å². The van der Waals surface area contributed by atoms with Gasteiger partial charge in [0.1, 0.15) is 5.82 Å². The number of carbonyl (C=O) groups is 1. The lowest BCUT2D eigenvalue weighted by Gasteiger charge is -2.28. The summed E-state index contributed by atoms with van der Waals surface area (Å²) in [6.07, 6.45) is 2.85. The lowest BCUT2D eigenvalue weighted by molar-refractivity contribution is 0.0671. The zero-order valence-electron chi connectivity index (χ0n) is 12.5. The summed E-state index contributed by atoms with van der Waals surface area (Å²) in [5.74, 6) is 4.83. The number of amides is 1. The maximum absolute atomic E-state index is 14.0. The van der Waals surface area contributed by atoms with Crippen LogP contribution in [0.5, 0.6) is 0 Å². The zero-order valence-corrected chi connectivity index (χ0v) is 12.5. The fourth-order valence-electron chi connectivity index (χ4n) is 2.90. The van der Waals surface area contributed by atoms with E-state index in [2.05, 4.69) is 18.8 Å². The molecule has 1 saturated heterocycles. The van der Waals surface area contributed by atoms with E-state index in [1.165, 1.54) is 12.1 Å². The van der Waals surface area contributed by atoms with Crippen LogP contribution >= 0.6 is 0 Å². The number of rotatable bonds is 2. The van der Waals surface area contributed by atoms with Crippen molar-refractivity contribution in [2.45, 2.75) is 45.2 Å². The summed E-state index contributed by atoms with van der Waals surface area (Å²) in [6, 6.07) is 4.75. The van der Waals surface area contributed by atoms with Crippen LogP contribution in [0.4, 0.5) is 4.39 Å². The average molecular weight is 288 g/mol. The van der Waals surface area contributed by atoms with E-state index in [0.717, 1.165) is 19.3 Å². The lowest BCUT2D eigenvalue weighted by atomic mass is 10.1. The fraction of sp³-hybridized carbons (Fsp3) is 0.471. The molecule has 0 bridgehead atoms. The van der Waals surface area contributed by atoms with Crippen LogP contribution in [0.3, 0.4) is 0 Å². The Labute approximate surface area is 125 Å². The Hall–Kier alpha value is -1.86. The smallest absolute Gasteiger partial charge is 0.257 e. The molecule has 1 aromatic rings. The van der Waals surface area contributed by atoms with E-state index in [-0.39, 0.29) is 30.1 Å². The van der Waals surface area contributed by atoms with Crippen LogP contribution in [-0.2, 0) is 0 Å². The number of likely N-dealkylation sites (tertiary alicyclic amines) is 1. The van der Waals surface area contributed by atoms with Gasteiger partial charge in [-0.3, -0.25) is 4.79 Å². The van der Waals surface area contributed by atoms with E-state index in [0.29, 0.717) is 5.56 Å². The Balaban J connectivity index is 2.34. The highest BCUT2D eigenvalue weighted by molar-refractivity contribution is 5.95. The van der Waals surface area contributed by atoms with Gasteiger partial charge in [0, 0.05) is 17.6 Å². The van der Waals surface area contributed by atoms with E-state index < -0.39 is 5.82 Å². The molecule has 0 spiro atoms. The van der Waals surface area contributed by atoms with Gasteiger partial charge in [0.15, 0.2) is 0 Å². The minimum atomic E-state index is -0.493. The molecule has 2 atom stereocenters. The molecule has 2 unspecified atom stereocenters. The molecule has 1 aromatic carbocycles. The van der Waals surface area contributed by atoms with Crippen molar-refractivity contribution >= 4 is 5.91 Å². The van der Waals surface area contributed by atoms with Crippen LogP contribution < -0.4 is 5.73 Å².